The monoisotopic (exact) mass is 273 g/mol. The first kappa shape index (κ1) is 13.5. The lowest BCUT2D eigenvalue weighted by atomic mass is 10.3. The topological polar surface area (TPSA) is 49.3 Å². The number of para-hydroxylation sites is 1. The molecule has 3 nitrogen and oxygen atoms in total. The molecule has 98 valence electrons. The molecular weight excluding hydrogens is 258 g/mol. The van der Waals surface area contributed by atoms with Crippen molar-refractivity contribution < 1.29 is 9.90 Å². The molecule has 2 N–H and O–H groups in total. The van der Waals surface area contributed by atoms with Crippen LogP contribution in [0.1, 0.15) is 6.92 Å². The number of thioether (sulfide) groups is 1. The van der Waals surface area contributed by atoms with E-state index in [1.54, 1.807) is 18.2 Å². The predicted octanol–water partition coefficient (Wildman–Crippen LogP) is 3.51. The highest BCUT2D eigenvalue weighted by molar-refractivity contribution is 8.00. The molecule has 0 aromatic heterocycles. The normalized spacial score (nSPS) is 11.8. The van der Waals surface area contributed by atoms with Gasteiger partial charge in [-0.05, 0) is 37.3 Å². The molecule has 0 heterocycles. The van der Waals surface area contributed by atoms with Crippen LogP contribution in [0.2, 0.25) is 0 Å². The molecule has 19 heavy (non-hydrogen) atoms. The van der Waals surface area contributed by atoms with Crippen molar-refractivity contribution in [3.05, 3.63) is 54.6 Å². The number of phenols is 1. The van der Waals surface area contributed by atoms with Crippen LogP contribution in [-0.2, 0) is 4.79 Å². The number of hydrogen-bond acceptors (Lipinski definition) is 3. The third kappa shape index (κ3) is 4.03. The summed E-state index contributed by atoms with van der Waals surface area (Å²) >= 11 is 1.41. The molecule has 0 bridgehead atoms. The molecule has 0 radical (unpaired) electrons. The molecule has 1 amide bonds. The number of nitrogens with one attached hydrogen (secondary N) is 1. The Balaban J connectivity index is 1.96. The third-order valence-electron chi connectivity index (χ3n) is 2.54. The van der Waals surface area contributed by atoms with Gasteiger partial charge < -0.3 is 10.4 Å². The lowest BCUT2D eigenvalue weighted by Gasteiger charge is -2.12. The Morgan fingerprint density at radius 2 is 1.89 bits per heavy atom. The van der Waals surface area contributed by atoms with E-state index >= 15 is 0 Å². The van der Waals surface area contributed by atoms with Crippen molar-refractivity contribution in [2.24, 2.45) is 0 Å². The number of aromatic hydroxyl groups is 1. The van der Waals surface area contributed by atoms with Crippen molar-refractivity contribution >= 4 is 23.4 Å². The van der Waals surface area contributed by atoms with Crippen LogP contribution in [0.3, 0.4) is 0 Å². The van der Waals surface area contributed by atoms with Gasteiger partial charge in [0.2, 0.25) is 5.91 Å². The fraction of sp³-hybridized carbons (Fsp3) is 0.133. The minimum Gasteiger partial charge on any atom is -0.508 e. The molecule has 0 fully saturated rings. The average Bonchev–Trinajstić information content (AvgIpc) is 2.40. The van der Waals surface area contributed by atoms with Gasteiger partial charge in [-0.3, -0.25) is 4.79 Å². The van der Waals surface area contributed by atoms with Crippen LogP contribution in [0.25, 0.3) is 0 Å². The van der Waals surface area contributed by atoms with E-state index in [2.05, 4.69) is 5.32 Å². The zero-order chi connectivity index (χ0) is 13.7. The largest absolute Gasteiger partial charge is 0.508 e. The van der Waals surface area contributed by atoms with Gasteiger partial charge in [0.15, 0.2) is 0 Å². The summed E-state index contributed by atoms with van der Waals surface area (Å²) in [4.78, 5) is 12.9. The minimum atomic E-state index is -0.234. The summed E-state index contributed by atoms with van der Waals surface area (Å²) in [6.45, 7) is 1.84. The van der Waals surface area contributed by atoms with E-state index in [9.17, 15) is 9.90 Å². The summed E-state index contributed by atoms with van der Waals surface area (Å²) in [6.07, 6.45) is 0. The predicted molar refractivity (Wildman–Crippen MR) is 78.5 cm³/mol. The van der Waals surface area contributed by atoms with E-state index in [0.717, 1.165) is 10.6 Å². The van der Waals surface area contributed by atoms with Crippen LogP contribution in [0.5, 0.6) is 5.75 Å². The van der Waals surface area contributed by atoms with Crippen molar-refractivity contribution in [2.45, 2.75) is 17.1 Å². The number of rotatable bonds is 4. The molecule has 0 aliphatic carbocycles. The number of phenolic OH excluding ortho intramolecular Hbond substituents is 1. The van der Waals surface area contributed by atoms with Crippen molar-refractivity contribution in [1.82, 2.24) is 0 Å². The highest BCUT2D eigenvalue weighted by Gasteiger charge is 2.14. The van der Waals surface area contributed by atoms with Gasteiger partial charge in [0.05, 0.1) is 5.25 Å². The van der Waals surface area contributed by atoms with Gasteiger partial charge in [-0.15, -0.1) is 11.8 Å². The van der Waals surface area contributed by atoms with E-state index in [1.807, 2.05) is 43.3 Å². The second kappa shape index (κ2) is 6.29. The molecule has 0 saturated carbocycles. The molecule has 1 atom stereocenters. The zero-order valence-electron chi connectivity index (χ0n) is 10.5. The summed E-state index contributed by atoms with van der Waals surface area (Å²) in [7, 11) is 0. The van der Waals surface area contributed by atoms with E-state index in [4.69, 9.17) is 0 Å². The zero-order valence-corrected chi connectivity index (χ0v) is 11.4. The molecule has 0 saturated heterocycles. The van der Waals surface area contributed by atoms with Gasteiger partial charge in [-0.1, -0.05) is 24.3 Å². The quantitative estimate of drug-likeness (QED) is 0.838. The Kier molecular flexibility index (Phi) is 4.47. The maximum absolute atomic E-state index is 12.0. The van der Waals surface area contributed by atoms with E-state index in [-0.39, 0.29) is 16.9 Å². The number of carbonyl (C=O) groups excluding carboxylic acids is 1. The number of hydrogen-bond donors (Lipinski definition) is 2. The van der Waals surface area contributed by atoms with Crippen molar-refractivity contribution in [1.29, 1.82) is 0 Å². The first-order chi connectivity index (χ1) is 9.15. The summed E-state index contributed by atoms with van der Waals surface area (Å²) in [5, 5.41) is 12.0. The van der Waals surface area contributed by atoms with Crippen molar-refractivity contribution in [2.75, 3.05) is 5.32 Å². The Labute approximate surface area is 116 Å². The Bertz CT molecular complexity index is 557. The van der Waals surface area contributed by atoms with Crippen LogP contribution in [0.15, 0.2) is 59.5 Å². The molecule has 2 rings (SSSR count). The standard InChI is InChI=1S/C15H15NO2S/c1-11(19-14-9-5-8-13(17)10-14)15(18)16-12-6-3-2-4-7-12/h2-11,17H,1H3,(H,16,18). The maximum Gasteiger partial charge on any atom is 0.237 e. The molecule has 0 aliphatic rings. The smallest absolute Gasteiger partial charge is 0.237 e. The molecule has 1 unspecified atom stereocenters. The fourth-order valence-electron chi connectivity index (χ4n) is 1.58. The second-order valence-electron chi connectivity index (χ2n) is 4.11. The Morgan fingerprint density at radius 3 is 2.58 bits per heavy atom. The number of anilines is 1. The minimum absolute atomic E-state index is 0.0560. The van der Waals surface area contributed by atoms with Gasteiger partial charge in [0.1, 0.15) is 5.75 Å². The summed E-state index contributed by atoms with van der Waals surface area (Å²) in [6, 6.07) is 16.3. The van der Waals surface area contributed by atoms with E-state index < -0.39 is 0 Å². The van der Waals surface area contributed by atoms with Gasteiger partial charge >= 0.3 is 0 Å². The highest BCUT2D eigenvalue weighted by atomic mass is 32.2. The van der Waals surface area contributed by atoms with Crippen molar-refractivity contribution in [3.63, 3.8) is 0 Å². The van der Waals surface area contributed by atoms with Crippen molar-refractivity contribution in [3.8, 4) is 5.75 Å². The number of benzene rings is 2. The highest BCUT2D eigenvalue weighted by Crippen LogP contribution is 2.26. The SMILES string of the molecule is CC(Sc1cccc(O)c1)C(=O)Nc1ccccc1. The van der Waals surface area contributed by atoms with Gasteiger partial charge in [-0.25, -0.2) is 0 Å². The van der Waals surface area contributed by atoms with Gasteiger partial charge in [-0.2, -0.15) is 0 Å². The average molecular weight is 273 g/mol. The lowest BCUT2D eigenvalue weighted by molar-refractivity contribution is -0.115. The molecule has 0 spiro atoms. The Hall–Kier alpha value is -1.94. The van der Waals surface area contributed by atoms with Crippen LogP contribution >= 0.6 is 11.8 Å². The lowest BCUT2D eigenvalue weighted by Crippen LogP contribution is -2.22. The van der Waals surface area contributed by atoms with E-state index in [0.29, 0.717) is 0 Å². The first-order valence-electron chi connectivity index (χ1n) is 5.97. The maximum atomic E-state index is 12.0. The first-order valence-corrected chi connectivity index (χ1v) is 6.85. The number of amides is 1. The number of carbonyl (C=O) groups is 1. The van der Waals surface area contributed by atoms with Gasteiger partial charge in [0.25, 0.3) is 0 Å². The molecule has 2 aromatic rings. The van der Waals surface area contributed by atoms with Crippen LogP contribution < -0.4 is 5.32 Å². The second-order valence-corrected chi connectivity index (χ2v) is 5.53. The molecule has 2 aromatic carbocycles. The van der Waals surface area contributed by atoms with Crippen LogP contribution in [0.4, 0.5) is 5.69 Å². The fourth-order valence-corrected chi connectivity index (χ4v) is 2.50. The third-order valence-corrected chi connectivity index (χ3v) is 3.63. The van der Waals surface area contributed by atoms with Gasteiger partial charge in [0, 0.05) is 10.6 Å². The summed E-state index contributed by atoms with van der Waals surface area (Å²) in [5.41, 5.74) is 0.788. The van der Waals surface area contributed by atoms with E-state index in [1.165, 1.54) is 11.8 Å². The van der Waals surface area contributed by atoms with Crippen LogP contribution in [-0.4, -0.2) is 16.3 Å². The molecular formula is C15H15NO2S. The van der Waals surface area contributed by atoms with Crippen LogP contribution in [0, 0.1) is 0 Å². The molecule has 4 heteroatoms. The summed E-state index contributed by atoms with van der Waals surface area (Å²) < 4.78 is 0. The summed E-state index contributed by atoms with van der Waals surface area (Å²) in [5.74, 6) is 0.153. The molecule has 0 aliphatic heterocycles. The Morgan fingerprint density at radius 1 is 1.16 bits per heavy atom.